The molecule has 158 valence electrons. The van der Waals surface area contributed by atoms with Crippen LogP contribution in [0.15, 0.2) is 36.7 Å². The summed E-state index contributed by atoms with van der Waals surface area (Å²) >= 11 is 0. The highest BCUT2D eigenvalue weighted by Crippen LogP contribution is 2.38. The van der Waals surface area contributed by atoms with Crippen LogP contribution >= 0.6 is 0 Å². The first kappa shape index (κ1) is 20.1. The predicted molar refractivity (Wildman–Crippen MR) is 119 cm³/mol. The average molecular weight is 418 g/mol. The zero-order valence-electron chi connectivity index (χ0n) is 17.3. The van der Waals surface area contributed by atoms with Gasteiger partial charge in [-0.05, 0) is 38.1 Å². The number of nitrogens with one attached hydrogen (secondary N) is 1. The second kappa shape index (κ2) is 8.71. The molecule has 0 amide bonds. The van der Waals surface area contributed by atoms with Crippen LogP contribution in [-0.2, 0) is 0 Å². The SMILES string of the molecule is [B]c1cccc(Nc2ncnc3cc4c(cc23)OC(CCN2CCCCC2)CO4)c1F. The fourth-order valence-electron chi connectivity index (χ4n) is 4.19. The Morgan fingerprint density at radius 3 is 2.87 bits per heavy atom. The molecular formula is C23H24BFN4O2. The molecule has 2 aliphatic rings. The van der Waals surface area contributed by atoms with Crippen LogP contribution in [0.25, 0.3) is 10.9 Å². The van der Waals surface area contributed by atoms with Crippen molar-refractivity contribution in [2.24, 2.45) is 0 Å². The van der Waals surface area contributed by atoms with E-state index in [0.29, 0.717) is 29.4 Å². The van der Waals surface area contributed by atoms with Gasteiger partial charge in [0.1, 0.15) is 38.5 Å². The van der Waals surface area contributed by atoms with E-state index in [1.807, 2.05) is 12.1 Å². The molecule has 2 aliphatic heterocycles. The summed E-state index contributed by atoms with van der Waals surface area (Å²) in [5.41, 5.74) is 1.03. The molecular weight excluding hydrogens is 394 g/mol. The minimum atomic E-state index is -0.510. The largest absolute Gasteiger partial charge is 0.486 e. The number of hydrogen-bond donors (Lipinski definition) is 1. The lowest BCUT2D eigenvalue weighted by atomic mass is 9.95. The van der Waals surface area contributed by atoms with Gasteiger partial charge in [0.05, 0.1) is 11.2 Å². The van der Waals surface area contributed by atoms with Crippen LogP contribution in [0.2, 0.25) is 0 Å². The fourth-order valence-corrected chi connectivity index (χ4v) is 4.19. The predicted octanol–water partition coefficient (Wildman–Crippen LogP) is 3.32. The Balaban J connectivity index is 1.37. The van der Waals surface area contributed by atoms with Crippen LogP contribution < -0.4 is 20.3 Å². The topological polar surface area (TPSA) is 59.5 Å². The van der Waals surface area contributed by atoms with E-state index < -0.39 is 5.82 Å². The number of rotatable bonds is 5. The molecule has 1 N–H and O–H groups in total. The maximum Gasteiger partial charge on any atom is 0.163 e. The van der Waals surface area contributed by atoms with Crippen LogP contribution in [0, 0.1) is 5.82 Å². The van der Waals surface area contributed by atoms with Crippen molar-refractivity contribution in [2.75, 3.05) is 31.6 Å². The fraction of sp³-hybridized carbons (Fsp3) is 0.391. The first-order valence-electron chi connectivity index (χ1n) is 10.8. The Bertz CT molecular complexity index is 1090. The lowest BCUT2D eigenvalue weighted by Gasteiger charge is -2.31. The van der Waals surface area contributed by atoms with Gasteiger partial charge >= 0.3 is 0 Å². The van der Waals surface area contributed by atoms with Crippen LogP contribution in [-0.4, -0.2) is 55.1 Å². The highest BCUT2D eigenvalue weighted by atomic mass is 19.1. The van der Waals surface area contributed by atoms with E-state index in [2.05, 4.69) is 20.2 Å². The number of halogens is 1. The highest BCUT2D eigenvalue weighted by Gasteiger charge is 2.24. The minimum absolute atomic E-state index is 0.000664. The van der Waals surface area contributed by atoms with Crippen molar-refractivity contribution in [3.05, 3.63) is 42.5 Å². The molecule has 0 aliphatic carbocycles. The van der Waals surface area contributed by atoms with E-state index in [0.717, 1.165) is 18.4 Å². The van der Waals surface area contributed by atoms with Crippen molar-refractivity contribution < 1.29 is 13.9 Å². The van der Waals surface area contributed by atoms with Crippen LogP contribution in [0.3, 0.4) is 0 Å². The molecule has 2 aromatic carbocycles. The molecule has 1 fully saturated rings. The van der Waals surface area contributed by atoms with Gasteiger partial charge in [-0.1, -0.05) is 24.0 Å². The van der Waals surface area contributed by atoms with Gasteiger partial charge in [-0.2, -0.15) is 0 Å². The number of hydrogen-bond acceptors (Lipinski definition) is 6. The van der Waals surface area contributed by atoms with Crippen molar-refractivity contribution >= 4 is 35.7 Å². The van der Waals surface area contributed by atoms with Gasteiger partial charge < -0.3 is 19.7 Å². The van der Waals surface area contributed by atoms with E-state index in [-0.39, 0.29) is 17.3 Å². The Morgan fingerprint density at radius 2 is 2.00 bits per heavy atom. The maximum atomic E-state index is 14.4. The van der Waals surface area contributed by atoms with Crippen molar-refractivity contribution in [3.63, 3.8) is 0 Å². The van der Waals surface area contributed by atoms with Gasteiger partial charge in [-0.25, -0.2) is 14.4 Å². The molecule has 31 heavy (non-hydrogen) atoms. The zero-order chi connectivity index (χ0) is 21.2. The average Bonchev–Trinajstić information content (AvgIpc) is 2.80. The standard InChI is InChI=1S/C23H24BFN4O2/c24-17-5-4-6-18(22(17)25)28-23-16-11-21-20(12-19(16)26-14-27-23)30-13-15(31-21)7-10-29-8-2-1-3-9-29/h4-6,11-12,14-15H,1-3,7-10,13H2,(H,26,27,28). The molecule has 1 atom stereocenters. The monoisotopic (exact) mass is 418 g/mol. The number of likely N-dealkylation sites (tertiary alicyclic amines) is 1. The maximum absolute atomic E-state index is 14.4. The summed E-state index contributed by atoms with van der Waals surface area (Å²) in [6.45, 7) is 3.88. The van der Waals surface area contributed by atoms with E-state index >= 15 is 0 Å². The molecule has 1 saturated heterocycles. The summed E-state index contributed by atoms with van der Waals surface area (Å²) in [5.74, 6) is 1.30. The number of aromatic nitrogens is 2. The number of fused-ring (bicyclic) bond motifs is 2. The van der Waals surface area contributed by atoms with Crippen LogP contribution in [0.1, 0.15) is 25.7 Å². The summed E-state index contributed by atoms with van der Waals surface area (Å²) < 4.78 is 26.6. The molecule has 3 heterocycles. The van der Waals surface area contributed by atoms with Crippen molar-refractivity contribution in [1.82, 2.24) is 14.9 Å². The van der Waals surface area contributed by atoms with E-state index in [1.165, 1.54) is 44.7 Å². The van der Waals surface area contributed by atoms with Crippen molar-refractivity contribution in [2.45, 2.75) is 31.8 Å². The number of ether oxygens (including phenoxy) is 2. The second-order valence-electron chi connectivity index (χ2n) is 8.11. The first-order valence-corrected chi connectivity index (χ1v) is 10.8. The third-order valence-electron chi connectivity index (χ3n) is 5.92. The van der Waals surface area contributed by atoms with Gasteiger partial charge in [0.25, 0.3) is 0 Å². The summed E-state index contributed by atoms with van der Waals surface area (Å²) in [6.07, 6.45) is 6.24. The normalized spacial score (nSPS) is 18.8. The zero-order valence-corrected chi connectivity index (χ0v) is 17.3. The van der Waals surface area contributed by atoms with Gasteiger partial charge in [0.15, 0.2) is 11.5 Å². The molecule has 0 spiro atoms. The minimum Gasteiger partial charge on any atom is -0.486 e. The summed E-state index contributed by atoms with van der Waals surface area (Å²) in [7, 11) is 5.69. The van der Waals surface area contributed by atoms with Gasteiger partial charge in [0, 0.05) is 24.4 Å². The lowest BCUT2D eigenvalue weighted by molar-refractivity contribution is 0.0730. The van der Waals surface area contributed by atoms with Crippen LogP contribution in [0.5, 0.6) is 11.5 Å². The van der Waals surface area contributed by atoms with E-state index in [4.69, 9.17) is 17.3 Å². The molecule has 1 unspecified atom stereocenters. The number of nitrogens with zero attached hydrogens (tertiary/aromatic N) is 3. The Kier molecular flexibility index (Phi) is 5.64. The Morgan fingerprint density at radius 1 is 1.13 bits per heavy atom. The third kappa shape index (κ3) is 4.30. The molecule has 5 rings (SSSR count). The Labute approximate surface area is 182 Å². The molecule has 2 radical (unpaired) electrons. The molecule has 6 nitrogen and oxygen atoms in total. The smallest absolute Gasteiger partial charge is 0.163 e. The third-order valence-corrected chi connectivity index (χ3v) is 5.92. The quantitative estimate of drug-likeness (QED) is 0.642. The molecule has 1 aromatic heterocycles. The number of anilines is 2. The second-order valence-corrected chi connectivity index (χ2v) is 8.11. The van der Waals surface area contributed by atoms with Gasteiger partial charge in [-0.15, -0.1) is 0 Å². The Hall–Kier alpha value is -2.87. The van der Waals surface area contributed by atoms with Crippen molar-refractivity contribution in [1.29, 1.82) is 0 Å². The molecule has 3 aromatic rings. The van der Waals surface area contributed by atoms with Crippen molar-refractivity contribution in [3.8, 4) is 11.5 Å². The summed E-state index contributed by atoms with van der Waals surface area (Å²) in [4.78, 5) is 11.1. The lowest BCUT2D eigenvalue weighted by Crippen LogP contribution is -2.36. The number of piperidine rings is 1. The van der Waals surface area contributed by atoms with E-state index in [1.54, 1.807) is 12.1 Å². The molecule has 8 heteroatoms. The van der Waals surface area contributed by atoms with E-state index in [9.17, 15) is 4.39 Å². The van der Waals surface area contributed by atoms with Crippen LogP contribution in [0.4, 0.5) is 15.9 Å². The van der Waals surface area contributed by atoms with Gasteiger partial charge in [0.2, 0.25) is 0 Å². The summed E-state index contributed by atoms with van der Waals surface area (Å²) in [6, 6.07) is 8.53. The summed E-state index contributed by atoms with van der Waals surface area (Å²) in [5, 5.41) is 3.76. The van der Waals surface area contributed by atoms with Gasteiger partial charge in [-0.3, -0.25) is 0 Å². The highest BCUT2D eigenvalue weighted by molar-refractivity contribution is 6.32. The number of benzene rings is 2. The molecule has 0 saturated carbocycles. The molecule has 0 bridgehead atoms. The first-order chi connectivity index (χ1) is 15.2.